The molecule has 26 heavy (non-hydrogen) atoms. The van der Waals surface area contributed by atoms with E-state index in [0.717, 1.165) is 6.07 Å². The molecule has 0 saturated carbocycles. The Morgan fingerprint density at radius 3 is 2.65 bits per heavy atom. The number of benzene rings is 1. The molecule has 7 nitrogen and oxygen atoms in total. The number of hydrogen-bond donors (Lipinski definition) is 0. The maximum absolute atomic E-state index is 13.3. The number of sulfonamides is 1. The fourth-order valence-electron chi connectivity index (χ4n) is 3.02. The van der Waals surface area contributed by atoms with Gasteiger partial charge in [-0.1, -0.05) is 6.07 Å². The normalized spacial score (nSPS) is 16.8. The van der Waals surface area contributed by atoms with E-state index in [2.05, 4.69) is 10.2 Å². The quantitative estimate of drug-likeness (QED) is 0.694. The first-order valence-electron chi connectivity index (χ1n) is 8.16. The summed E-state index contributed by atoms with van der Waals surface area (Å²) in [6.07, 6.45) is 4.16. The van der Waals surface area contributed by atoms with Gasteiger partial charge in [0.15, 0.2) is 0 Å². The molecule has 0 radical (unpaired) electrons. The number of furan rings is 1. The molecular formula is C17H16FN3O4S. The van der Waals surface area contributed by atoms with Crippen LogP contribution in [-0.4, -0.2) is 36.0 Å². The van der Waals surface area contributed by atoms with Crippen molar-refractivity contribution in [3.63, 3.8) is 0 Å². The summed E-state index contributed by atoms with van der Waals surface area (Å²) in [7, 11) is -3.71. The minimum Gasteiger partial charge on any atom is -0.472 e. The van der Waals surface area contributed by atoms with Crippen molar-refractivity contribution in [1.82, 2.24) is 14.5 Å². The summed E-state index contributed by atoms with van der Waals surface area (Å²) in [5.41, 5.74) is 0.704. The summed E-state index contributed by atoms with van der Waals surface area (Å²) in [4.78, 5) is -0.0315. The van der Waals surface area contributed by atoms with Gasteiger partial charge in [-0.05, 0) is 37.1 Å². The molecule has 3 aromatic rings. The Morgan fingerprint density at radius 1 is 1.15 bits per heavy atom. The van der Waals surface area contributed by atoms with Crippen LogP contribution in [0.5, 0.6) is 0 Å². The minimum absolute atomic E-state index is 0.0119. The van der Waals surface area contributed by atoms with Crippen LogP contribution in [0, 0.1) is 5.82 Å². The summed E-state index contributed by atoms with van der Waals surface area (Å²) in [5.74, 6) is 0.285. The van der Waals surface area contributed by atoms with E-state index in [0.29, 0.717) is 43.3 Å². The number of rotatable bonds is 4. The molecule has 3 heterocycles. The van der Waals surface area contributed by atoms with Gasteiger partial charge in [0, 0.05) is 19.0 Å². The molecule has 1 saturated heterocycles. The Morgan fingerprint density at radius 2 is 1.96 bits per heavy atom. The Balaban J connectivity index is 1.46. The third kappa shape index (κ3) is 3.15. The van der Waals surface area contributed by atoms with Crippen molar-refractivity contribution < 1.29 is 21.6 Å². The lowest BCUT2D eigenvalue weighted by Gasteiger charge is -2.29. The topological polar surface area (TPSA) is 89.4 Å². The molecule has 4 rings (SSSR count). The zero-order valence-corrected chi connectivity index (χ0v) is 14.5. The first-order valence-corrected chi connectivity index (χ1v) is 9.60. The van der Waals surface area contributed by atoms with Gasteiger partial charge in [-0.25, -0.2) is 12.8 Å². The van der Waals surface area contributed by atoms with E-state index in [1.165, 1.54) is 35.0 Å². The van der Waals surface area contributed by atoms with E-state index in [1.807, 2.05) is 0 Å². The van der Waals surface area contributed by atoms with Crippen molar-refractivity contribution in [2.24, 2.45) is 0 Å². The second-order valence-electron chi connectivity index (χ2n) is 6.09. The molecule has 0 amide bonds. The molecule has 136 valence electrons. The van der Waals surface area contributed by atoms with Crippen LogP contribution in [0.1, 0.15) is 24.7 Å². The molecule has 0 bridgehead atoms. The van der Waals surface area contributed by atoms with Gasteiger partial charge in [0.2, 0.25) is 15.9 Å². The molecule has 0 spiro atoms. The Bertz CT molecular complexity index is 993. The summed E-state index contributed by atoms with van der Waals surface area (Å²) >= 11 is 0. The molecule has 0 N–H and O–H groups in total. The standard InChI is InChI=1S/C17H16FN3O4S/c18-14-2-1-3-15(10-14)26(22,23)21-7-4-12(5-8-21)16-19-20-17(25-16)13-6-9-24-11-13/h1-3,6,9-12H,4-5,7-8H2. The first-order chi connectivity index (χ1) is 12.5. The highest BCUT2D eigenvalue weighted by Crippen LogP contribution is 2.31. The molecule has 2 aromatic heterocycles. The van der Waals surface area contributed by atoms with Gasteiger partial charge >= 0.3 is 0 Å². The molecule has 1 aromatic carbocycles. The zero-order valence-electron chi connectivity index (χ0n) is 13.7. The average Bonchev–Trinajstić information content (AvgIpc) is 3.33. The lowest BCUT2D eigenvalue weighted by molar-refractivity contribution is 0.291. The van der Waals surface area contributed by atoms with E-state index in [4.69, 9.17) is 8.83 Å². The monoisotopic (exact) mass is 377 g/mol. The van der Waals surface area contributed by atoms with Crippen LogP contribution in [0.25, 0.3) is 11.5 Å². The number of nitrogens with zero attached hydrogens (tertiary/aromatic N) is 3. The average molecular weight is 377 g/mol. The van der Waals surface area contributed by atoms with E-state index in [1.54, 1.807) is 6.07 Å². The van der Waals surface area contributed by atoms with E-state index in [-0.39, 0.29) is 10.8 Å². The van der Waals surface area contributed by atoms with Crippen LogP contribution in [0.2, 0.25) is 0 Å². The predicted molar refractivity (Wildman–Crippen MR) is 89.1 cm³/mol. The van der Waals surface area contributed by atoms with Gasteiger partial charge < -0.3 is 8.83 Å². The number of aromatic nitrogens is 2. The van der Waals surface area contributed by atoms with E-state index in [9.17, 15) is 12.8 Å². The lowest BCUT2D eigenvalue weighted by Crippen LogP contribution is -2.38. The second-order valence-corrected chi connectivity index (χ2v) is 8.03. The largest absolute Gasteiger partial charge is 0.472 e. The fraction of sp³-hybridized carbons (Fsp3) is 0.294. The Kier molecular flexibility index (Phi) is 4.33. The van der Waals surface area contributed by atoms with Gasteiger partial charge in [0.1, 0.15) is 12.1 Å². The van der Waals surface area contributed by atoms with Crippen molar-refractivity contribution in [2.75, 3.05) is 13.1 Å². The molecular weight excluding hydrogens is 361 g/mol. The SMILES string of the molecule is O=S(=O)(c1cccc(F)c1)N1CCC(c2nnc(-c3ccoc3)o2)CC1. The molecule has 1 aliphatic heterocycles. The smallest absolute Gasteiger partial charge is 0.250 e. The summed E-state index contributed by atoms with van der Waals surface area (Å²) < 4.78 is 50.7. The molecule has 0 aliphatic carbocycles. The number of halogens is 1. The van der Waals surface area contributed by atoms with Gasteiger partial charge in [-0.15, -0.1) is 10.2 Å². The highest BCUT2D eigenvalue weighted by molar-refractivity contribution is 7.89. The van der Waals surface area contributed by atoms with Crippen molar-refractivity contribution in [1.29, 1.82) is 0 Å². The van der Waals surface area contributed by atoms with Crippen molar-refractivity contribution >= 4 is 10.0 Å². The summed E-state index contributed by atoms with van der Waals surface area (Å²) in [6, 6.07) is 6.78. The molecule has 0 atom stereocenters. The van der Waals surface area contributed by atoms with Crippen LogP contribution < -0.4 is 0 Å². The van der Waals surface area contributed by atoms with Crippen LogP contribution in [0.4, 0.5) is 4.39 Å². The third-order valence-corrected chi connectivity index (χ3v) is 6.34. The van der Waals surface area contributed by atoms with Gasteiger partial charge in [0.05, 0.1) is 16.7 Å². The maximum atomic E-state index is 13.3. The van der Waals surface area contributed by atoms with Crippen LogP contribution in [0.3, 0.4) is 0 Å². The van der Waals surface area contributed by atoms with Crippen molar-refractivity contribution in [3.05, 3.63) is 54.6 Å². The minimum atomic E-state index is -3.71. The second kappa shape index (κ2) is 6.65. The van der Waals surface area contributed by atoms with Crippen LogP contribution in [-0.2, 0) is 10.0 Å². The number of piperidine rings is 1. The highest BCUT2D eigenvalue weighted by Gasteiger charge is 2.32. The molecule has 1 fully saturated rings. The van der Waals surface area contributed by atoms with Gasteiger partial charge in [-0.2, -0.15) is 4.31 Å². The van der Waals surface area contributed by atoms with Gasteiger partial charge in [0.25, 0.3) is 5.89 Å². The Hall–Kier alpha value is -2.52. The van der Waals surface area contributed by atoms with E-state index < -0.39 is 15.8 Å². The van der Waals surface area contributed by atoms with Crippen LogP contribution in [0.15, 0.2) is 56.6 Å². The molecule has 9 heteroatoms. The van der Waals surface area contributed by atoms with Crippen LogP contribution >= 0.6 is 0 Å². The highest BCUT2D eigenvalue weighted by atomic mass is 32.2. The molecule has 0 unspecified atom stereocenters. The van der Waals surface area contributed by atoms with E-state index >= 15 is 0 Å². The summed E-state index contributed by atoms with van der Waals surface area (Å²) in [6.45, 7) is 0.625. The molecule has 1 aliphatic rings. The first kappa shape index (κ1) is 16.9. The fourth-order valence-corrected chi connectivity index (χ4v) is 4.52. The van der Waals surface area contributed by atoms with Crippen molar-refractivity contribution in [3.8, 4) is 11.5 Å². The Labute approximate surface area is 149 Å². The summed E-state index contributed by atoms with van der Waals surface area (Å²) in [5, 5.41) is 8.09. The van der Waals surface area contributed by atoms with Crippen molar-refractivity contribution in [2.45, 2.75) is 23.7 Å². The number of hydrogen-bond acceptors (Lipinski definition) is 6. The predicted octanol–water partition coefficient (Wildman–Crippen LogP) is 3.04. The maximum Gasteiger partial charge on any atom is 0.250 e. The van der Waals surface area contributed by atoms with Gasteiger partial charge in [-0.3, -0.25) is 0 Å². The third-order valence-electron chi connectivity index (χ3n) is 4.45. The zero-order chi connectivity index (χ0) is 18.1. The lowest BCUT2D eigenvalue weighted by atomic mass is 9.98.